The standard InChI is InChI=1S/C19H23NO2/c1-20(2)13-12-18(15-8-5-4-6-9-15)19(21)16-10-7-11-17(14-16)22-3/h4-12,14,19,21H,13H2,1-3H3/b18-12+. The molecule has 1 N–H and O–H groups in total. The van der Waals surface area contributed by atoms with Crippen LogP contribution in [0, 0.1) is 0 Å². The maximum absolute atomic E-state index is 10.8. The van der Waals surface area contributed by atoms with Crippen LogP contribution in [-0.4, -0.2) is 37.8 Å². The van der Waals surface area contributed by atoms with E-state index in [4.69, 9.17) is 4.74 Å². The van der Waals surface area contributed by atoms with Crippen molar-refractivity contribution in [1.29, 1.82) is 0 Å². The van der Waals surface area contributed by atoms with Gasteiger partial charge in [0.2, 0.25) is 0 Å². The first-order valence-corrected chi connectivity index (χ1v) is 7.34. The van der Waals surface area contributed by atoms with Crippen LogP contribution in [0.5, 0.6) is 5.75 Å². The highest BCUT2D eigenvalue weighted by atomic mass is 16.5. The predicted octanol–water partition coefficient (Wildman–Crippen LogP) is 3.37. The summed E-state index contributed by atoms with van der Waals surface area (Å²) in [5.41, 5.74) is 2.76. The Labute approximate surface area is 132 Å². The maximum atomic E-state index is 10.8. The van der Waals surface area contributed by atoms with Crippen LogP contribution in [0.25, 0.3) is 5.57 Å². The summed E-state index contributed by atoms with van der Waals surface area (Å²) in [5, 5.41) is 10.8. The first-order chi connectivity index (χ1) is 10.6. The summed E-state index contributed by atoms with van der Waals surface area (Å²) < 4.78 is 5.25. The fourth-order valence-corrected chi connectivity index (χ4v) is 2.29. The third-order valence-corrected chi connectivity index (χ3v) is 3.49. The maximum Gasteiger partial charge on any atom is 0.119 e. The molecule has 0 spiro atoms. The topological polar surface area (TPSA) is 32.7 Å². The second-order valence-electron chi connectivity index (χ2n) is 5.47. The molecule has 22 heavy (non-hydrogen) atoms. The van der Waals surface area contributed by atoms with Crippen molar-refractivity contribution in [2.24, 2.45) is 0 Å². The van der Waals surface area contributed by atoms with Gasteiger partial charge in [0, 0.05) is 6.54 Å². The average Bonchev–Trinajstić information content (AvgIpc) is 2.55. The number of aliphatic hydroxyl groups is 1. The number of rotatable bonds is 6. The van der Waals surface area contributed by atoms with E-state index in [0.29, 0.717) is 0 Å². The van der Waals surface area contributed by atoms with Crippen LogP contribution in [0.15, 0.2) is 60.7 Å². The summed E-state index contributed by atoms with van der Waals surface area (Å²) in [6.45, 7) is 0.769. The largest absolute Gasteiger partial charge is 0.497 e. The molecule has 116 valence electrons. The van der Waals surface area contributed by atoms with Crippen LogP contribution in [0.3, 0.4) is 0 Å². The van der Waals surface area contributed by atoms with Crippen LogP contribution in [0.1, 0.15) is 17.2 Å². The normalized spacial score (nSPS) is 13.2. The fraction of sp³-hybridized carbons (Fsp3) is 0.263. The van der Waals surface area contributed by atoms with Crippen molar-refractivity contribution in [3.05, 3.63) is 71.8 Å². The minimum absolute atomic E-state index is 0.683. The zero-order valence-electron chi connectivity index (χ0n) is 13.4. The highest BCUT2D eigenvalue weighted by Crippen LogP contribution is 2.31. The molecule has 3 nitrogen and oxygen atoms in total. The van der Waals surface area contributed by atoms with E-state index < -0.39 is 6.10 Å². The summed E-state index contributed by atoms with van der Waals surface area (Å²) in [5.74, 6) is 0.747. The SMILES string of the molecule is COc1cccc(C(O)/C(=C/CN(C)C)c2ccccc2)c1. The summed E-state index contributed by atoms with van der Waals surface area (Å²) in [6, 6.07) is 17.5. The first-order valence-electron chi connectivity index (χ1n) is 7.34. The molecule has 0 bridgehead atoms. The number of ether oxygens (including phenoxy) is 1. The number of aliphatic hydroxyl groups excluding tert-OH is 1. The van der Waals surface area contributed by atoms with E-state index >= 15 is 0 Å². The molecule has 0 heterocycles. The quantitative estimate of drug-likeness (QED) is 0.887. The number of methoxy groups -OCH3 is 1. The molecule has 2 aromatic carbocycles. The molecular formula is C19H23NO2. The van der Waals surface area contributed by atoms with Crippen molar-refractivity contribution >= 4 is 5.57 Å². The van der Waals surface area contributed by atoms with Gasteiger partial charge in [-0.15, -0.1) is 0 Å². The van der Waals surface area contributed by atoms with E-state index in [0.717, 1.165) is 29.0 Å². The second-order valence-corrected chi connectivity index (χ2v) is 5.47. The van der Waals surface area contributed by atoms with Gasteiger partial charge in [-0.2, -0.15) is 0 Å². The van der Waals surface area contributed by atoms with Gasteiger partial charge >= 0.3 is 0 Å². The minimum Gasteiger partial charge on any atom is -0.497 e. The van der Waals surface area contributed by atoms with Crippen molar-refractivity contribution in [2.75, 3.05) is 27.7 Å². The Morgan fingerprint density at radius 3 is 2.50 bits per heavy atom. The molecule has 1 unspecified atom stereocenters. The van der Waals surface area contributed by atoms with Gasteiger partial charge in [-0.1, -0.05) is 48.5 Å². The van der Waals surface area contributed by atoms with Crippen molar-refractivity contribution < 1.29 is 9.84 Å². The van der Waals surface area contributed by atoms with Gasteiger partial charge in [0.25, 0.3) is 0 Å². The van der Waals surface area contributed by atoms with Crippen LogP contribution < -0.4 is 4.74 Å². The van der Waals surface area contributed by atoms with E-state index in [1.165, 1.54) is 0 Å². The molecule has 0 aliphatic rings. The molecule has 0 radical (unpaired) electrons. The first kappa shape index (κ1) is 16.3. The Kier molecular flexibility index (Phi) is 5.75. The van der Waals surface area contributed by atoms with Crippen molar-refractivity contribution in [2.45, 2.75) is 6.10 Å². The van der Waals surface area contributed by atoms with Gasteiger partial charge in [0.15, 0.2) is 0 Å². The van der Waals surface area contributed by atoms with E-state index in [9.17, 15) is 5.11 Å². The number of nitrogens with zero attached hydrogens (tertiary/aromatic N) is 1. The van der Waals surface area contributed by atoms with Crippen LogP contribution >= 0.6 is 0 Å². The highest BCUT2D eigenvalue weighted by Gasteiger charge is 2.15. The van der Waals surface area contributed by atoms with E-state index in [1.54, 1.807) is 7.11 Å². The average molecular weight is 297 g/mol. The van der Waals surface area contributed by atoms with E-state index in [2.05, 4.69) is 11.0 Å². The third-order valence-electron chi connectivity index (χ3n) is 3.49. The van der Waals surface area contributed by atoms with Gasteiger partial charge in [-0.3, -0.25) is 0 Å². The summed E-state index contributed by atoms with van der Waals surface area (Å²) in [6.07, 6.45) is 1.39. The van der Waals surface area contributed by atoms with Gasteiger partial charge in [0.05, 0.1) is 7.11 Å². The fourth-order valence-electron chi connectivity index (χ4n) is 2.29. The number of hydrogen-bond acceptors (Lipinski definition) is 3. The van der Waals surface area contributed by atoms with E-state index in [1.807, 2.05) is 68.7 Å². The molecule has 0 saturated heterocycles. The van der Waals surface area contributed by atoms with Crippen LogP contribution in [0.2, 0.25) is 0 Å². The van der Waals surface area contributed by atoms with Gasteiger partial charge in [-0.25, -0.2) is 0 Å². The van der Waals surface area contributed by atoms with Crippen molar-refractivity contribution in [3.8, 4) is 5.75 Å². The molecular weight excluding hydrogens is 274 g/mol. The summed E-state index contributed by atoms with van der Waals surface area (Å²) in [7, 11) is 5.65. The molecule has 0 fully saturated rings. The van der Waals surface area contributed by atoms with Crippen LogP contribution in [0.4, 0.5) is 0 Å². The van der Waals surface area contributed by atoms with Gasteiger partial charge in [0.1, 0.15) is 11.9 Å². The predicted molar refractivity (Wildman–Crippen MR) is 90.9 cm³/mol. The minimum atomic E-state index is -0.683. The van der Waals surface area contributed by atoms with Crippen LogP contribution in [-0.2, 0) is 0 Å². The second kappa shape index (κ2) is 7.78. The Balaban J connectivity index is 2.37. The van der Waals surface area contributed by atoms with Crippen molar-refractivity contribution in [3.63, 3.8) is 0 Å². The molecule has 1 atom stereocenters. The lowest BCUT2D eigenvalue weighted by Gasteiger charge is -2.18. The Morgan fingerprint density at radius 2 is 1.86 bits per heavy atom. The van der Waals surface area contributed by atoms with Crippen molar-refractivity contribution in [1.82, 2.24) is 4.90 Å². The number of benzene rings is 2. The molecule has 2 rings (SSSR count). The smallest absolute Gasteiger partial charge is 0.119 e. The van der Waals surface area contributed by atoms with Gasteiger partial charge in [-0.05, 0) is 42.9 Å². The summed E-state index contributed by atoms with van der Waals surface area (Å²) >= 11 is 0. The summed E-state index contributed by atoms with van der Waals surface area (Å²) in [4.78, 5) is 2.07. The number of hydrogen-bond donors (Lipinski definition) is 1. The molecule has 0 aliphatic carbocycles. The highest BCUT2D eigenvalue weighted by molar-refractivity contribution is 5.70. The molecule has 3 heteroatoms. The molecule has 0 aromatic heterocycles. The lowest BCUT2D eigenvalue weighted by atomic mass is 9.94. The number of likely N-dealkylation sites (N-methyl/N-ethyl adjacent to an activating group) is 1. The molecule has 0 aliphatic heterocycles. The van der Waals surface area contributed by atoms with E-state index in [-0.39, 0.29) is 0 Å². The van der Waals surface area contributed by atoms with Gasteiger partial charge < -0.3 is 14.7 Å². The Bertz CT molecular complexity index is 620. The zero-order valence-corrected chi connectivity index (χ0v) is 13.4. The lowest BCUT2D eigenvalue weighted by molar-refractivity contribution is 0.237. The zero-order chi connectivity index (χ0) is 15.9. The molecule has 0 saturated carbocycles. The molecule has 2 aromatic rings. The Morgan fingerprint density at radius 1 is 1.14 bits per heavy atom. The monoisotopic (exact) mass is 297 g/mol. The Hall–Kier alpha value is -2.10. The lowest BCUT2D eigenvalue weighted by Crippen LogP contribution is -2.12. The molecule has 0 amide bonds. The third kappa shape index (κ3) is 4.20.